The van der Waals surface area contributed by atoms with Crippen molar-refractivity contribution in [3.63, 3.8) is 0 Å². The maximum Gasteiger partial charge on any atom is 0.308 e. The molecule has 1 aliphatic heterocycles. The Labute approximate surface area is 101 Å². The number of aliphatic carboxylic acids is 1. The van der Waals surface area contributed by atoms with Crippen molar-refractivity contribution in [3.05, 3.63) is 35.9 Å². The number of carboxylic acids is 1. The van der Waals surface area contributed by atoms with Crippen molar-refractivity contribution in [1.82, 2.24) is 4.90 Å². The van der Waals surface area contributed by atoms with Crippen molar-refractivity contribution in [2.45, 2.75) is 6.54 Å². The summed E-state index contributed by atoms with van der Waals surface area (Å²) in [5.74, 6) is -0.962. The van der Waals surface area contributed by atoms with Gasteiger partial charge in [-0.1, -0.05) is 30.3 Å². The van der Waals surface area contributed by atoms with Crippen molar-refractivity contribution < 1.29 is 9.90 Å². The van der Waals surface area contributed by atoms with E-state index >= 15 is 0 Å². The molecule has 4 nitrogen and oxygen atoms in total. The van der Waals surface area contributed by atoms with Gasteiger partial charge in [-0.05, 0) is 18.0 Å². The van der Waals surface area contributed by atoms with Crippen molar-refractivity contribution in [3.8, 4) is 0 Å². The van der Waals surface area contributed by atoms with Crippen LogP contribution in [0.1, 0.15) is 5.56 Å². The van der Waals surface area contributed by atoms with E-state index in [2.05, 4.69) is 17.0 Å². The molecule has 1 aromatic rings. The van der Waals surface area contributed by atoms with Gasteiger partial charge in [-0.15, -0.1) is 0 Å². The van der Waals surface area contributed by atoms with Crippen LogP contribution in [0.4, 0.5) is 0 Å². The molecule has 1 saturated heterocycles. The fourth-order valence-electron chi connectivity index (χ4n) is 2.45. The number of hydrogen-bond donors (Lipinski definition) is 2. The van der Waals surface area contributed by atoms with E-state index in [0.717, 1.165) is 13.1 Å². The standard InChI is InChI=1S/C13H18N2O2/c14-6-11-8-15(9-12(11)13(16)17)7-10-4-2-1-3-5-10/h1-5,11-12H,6-9,14H2,(H,16,17)/t11-,12-/m0/s1. The highest BCUT2D eigenvalue weighted by Crippen LogP contribution is 2.24. The predicted octanol–water partition coefficient (Wildman–Crippen LogP) is 0.778. The van der Waals surface area contributed by atoms with Gasteiger partial charge in [0.25, 0.3) is 0 Å². The molecular weight excluding hydrogens is 216 g/mol. The zero-order valence-corrected chi connectivity index (χ0v) is 9.75. The van der Waals surface area contributed by atoms with Crippen LogP contribution in [0.15, 0.2) is 30.3 Å². The summed E-state index contributed by atoms with van der Waals surface area (Å²) in [6.45, 7) is 2.64. The van der Waals surface area contributed by atoms with Crippen LogP contribution in [0.3, 0.4) is 0 Å². The average molecular weight is 234 g/mol. The van der Waals surface area contributed by atoms with Crippen LogP contribution in [0.2, 0.25) is 0 Å². The van der Waals surface area contributed by atoms with E-state index in [1.54, 1.807) is 0 Å². The lowest BCUT2D eigenvalue weighted by Gasteiger charge is -2.15. The van der Waals surface area contributed by atoms with Gasteiger partial charge in [0.15, 0.2) is 0 Å². The number of carboxylic acid groups (broad SMARTS) is 1. The summed E-state index contributed by atoms with van der Waals surface area (Å²) in [6, 6.07) is 10.1. The van der Waals surface area contributed by atoms with Crippen LogP contribution in [-0.2, 0) is 11.3 Å². The molecule has 4 heteroatoms. The first-order chi connectivity index (χ1) is 8.20. The molecular formula is C13H18N2O2. The number of nitrogens with zero attached hydrogens (tertiary/aromatic N) is 1. The summed E-state index contributed by atoms with van der Waals surface area (Å²) in [5, 5.41) is 9.12. The lowest BCUT2D eigenvalue weighted by atomic mass is 9.97. The Morgan fingerprint density at radius 2 is 2.06 bits per heavy atom. The largest absolute Gasteiger partial charge is 0.481 e. The number of carbonyl (C=O) groups is 1. The first kappa shape index (κ1) is 12.1. The Bertz CT molecular complexity index is 380. The van der Waals surface area contributed by atoms with Crippen molar-refractivity contribution in [1.29, 1.82) is 0 Å². The average Bonchev–Trinajstić information content (AvgIpc) is 2.73. The first-order valence-electron chi connectivity index (χ1n) is 5.90. The van der Waals surface area contributed by atoms with Crippen molar-refractivity contribution in [2.24, 2.45) is 17.6 Å². The minimum atomic E-state index is -0.726. The van der Waals surface area contributed by atoms with Gasteiger partial charge in [-0.3, -0.25) is 9.69 Å². The minimum absolute atomic E-state index is 0.0798. The van der Waals surface area contributed by atoms with Crippen LogP contribution in [-0.4, -0.2) is 35.6 Å². The molecule has 0 amide bonds. The second-order valence-electron chi connectivity index (χ2n) is 4.62. The Kier molecular flexibility index (Phi) is 3.76. The summed E-state index contributed by atoms with van der Waals surface area (Å²) < 4.78 is 0. The quantitative estimate of drug-likeness (QED) is 0.808. The predicted molar refractivity (Wildman–Crippen MR) is 65.4 cm³/mol. The third-order valence-electron chi connectivity index (χ3n) is 3.39. The fraction of sp³-hybridized carbons (Fsp3) is 0.462. The van der Waals surface area contributed by atoms with Gasteiger partial charge in [0, 0.05) is 19.6 Å². The molecule has 1 aliphatic rings. The lowest BCUT2D eigenvalue weighted by molar-refractivity contribution is -0.142. The molecule has 2 rings (SSSR count). The number of nitrogens with two attached hydrogens (primary N) is 1. The van der Waals surface area contributed by atoms with Gasteiger partial charge >= 0.3 is 5.97 Å². The molecule has 0 radical (unpaired) electrons. The molecule has 0 bridgehead atoms. The maximum atomic E-state index is 11.1. The number of hydrogen-bond acceptors (Lipinski definition) is 3. The van der Waals surface area contributed by atoms with Crippen LogP contribution in [0.5, 0.6) is 0 Å². The summed E-state index contributed by atoms with van der Waals surface area (Å²) in [6.07, 6.45) is 0. The van der Waals surface area contributed by atoms with E-state index in [1.807, 2.05) is 18.2 Å². The number of likely N-dealkylation sites (tertiary alicyclic amines) is 1. The third kappa shape index (κ3) is 2.84. The van der Waals surface area contributed by atoms with Crippen LogP contribution < -0.4 is 5.73 Å². The summed E-state index contributed by atoms with van der Waals surface area (Å²) in [4.78, 5) is 13.3. The van der Waals surface area contributed by atoms with Gasteiger partial charge in [0.2, 0.25) is 0 Å². The number of rotatable bonds is 4. The Morgan fingerprint density at radius 1 is 1.35 bits per heavy atom. The molecule has 0 aromatic heterocycles. The van der Waals surface area contributed by atoms with E-state index in [4.69, 9.17) is 10.8 Å². The molecule has 0 unspecified atom stereocenters. The van der Waals surface area contributed by atoms with Gasteiger partial charge in [-0.2, -0.15) is 0 Å². The van der Waals surface area contributed by atoms with Crippen LogP contribution in [0.25, 0.3) is 0 Å². The summed E-state index contributed by atoms with van der Waals surface area (Å²) in [5.41, 5.74) is 6.84. The minimum Gasteiger partial charge on any atom is -0.481 e. The highest BCUT2D eigenvalue weighted by molar-refractivity contribution is 5.71. The van der Waals surface area contributed by atoms with E-state index in [-0.39, 0.29) is 11.8 Å². The van der Waals surface area contributed by atoms with E-state index < -0.39 is 5.97 Å². The Hall–Kier alpha value is -1.39. The molecule has 3 N–H and O–H groups in total. The lowest BCUT2D eigenvalue weighted by Crippen LogP contribution is -2.27. The van der Waals surface area contributed by atoms with Gasteiger partial charge in [0.05, 0.1) is 5.92 Å². The van der Waals surface area contributed by atoms with Crippen LogP contribution in [0, 0.1) is 11.8 Å². The van der Waals surface area contributed by atoms with Gasteiger partial charge in [-0.25, -0.2) is 0 Å². The second-order valence-corrected chi connectivity index (χ2v) is 4.62. The Morgan fingerprint density at radius 3 is 2.59 bits per heavy atom. The monoisotopic (exact) mass is 234 g/mol. The number of benzene rings is 1. The highest BCUT2D eigenvalue weighted by atomic mass is 16.4. The maximum absolute atomic E-state index is 11.1. The molecule has 0 spiro atoms. The molecule has 17 heavy (non-hydrogen) atoms. The summed E-state index contributed by atoms with van der Waals surface area (Å²) >= 11 is 0. The molecule has 2 atom stereocenters. The Balaban J connectivity index is 1.99. The smallest absolute Gasteiger partial charge is 0.308 e. The van der Waals surface area contributed by atoms with Crippen molar-refractivity contribution >= 4 is 5.97 Å². The topological polar surface area (TPSA) is 66.6 Å². The van der Waals surface area contributed by atoms with Crippen LogP contribution >= 0.6 is 0 Å². The molecule has 1 fully saturated rings. The van der Waals surface area contributed by atoms with E-state index in [9.17, 15) is 4.79 Å². The van der Waals surface area contributed by atoms with E-state index in [1.165, 1.54) is 5.56 Å². The summed E-state index contributed by atoms with van der Waals surface area (Å²) in [7, 11) is 0. The van der Waals surface area contributed by atoms with E-state index in [0.29, 0.717) is 13.1 Å². The molecule has 92 valence electrons. The molecule has 1 heterocycles. The zero-order valence-electron chi connectivity index (χ0n) is 9.75. The van der Waals surface area contributed by atoms with Gasteiger partial charge < -0.3 is 10.8 Å². The van der Waals surface area contributed by atoms with Crippen molar-refractivity contribution in [2.75, 3.05) is 19.6 Å². The zero-order chi connectivity index (χ0) is 12.3. The SMILES string of the molecule is NC[C@H]1CN(Cc2ccccc2)C[C@@H]1C(=O)O. The second kappa shape index (κ2) is 5.29. The highest BCUT2D eigenvalue weighted by Gasteiger charge is 2.36. The molecule has 0 aliphatic carbocycles. The first-order valence-corrected chi connectivity index (χ1v) is 5.90. The van der Waals surface area contributed by atoms with Gasteiger partial charge in [0.1, 0.15) is 0 Å². The molecule has 0 saturated carbocycles. The fourth-order valence-corrected chi connectivity index (χ4v) is 2.45. The molecule has 1 aromatic carbocycles. The third-order valence-corrected chi connectivity index (χ3v) is 3.39. The normalized spacial score (nSPS) is 25.0.